The second kappa shape index (κ2) is 13.0. The third kappa shape index (κ3) is 7.47. The van der Waals surface area contributed by atoms with Crippen LogP contribution in [0.15, 0.2) is 30.5 Å². The van der Waals surface area contributed by atoms with Gasteiger partial charge in [-0.3, -0.25) is 14.4 Å². The maximum atomic E-state index is 12.7. The minimum Gasteiger partial charge on any atom is -0.480 e. The molecule has 11 nitrogen and oxygen atoms in total. The first-order valence-corrected chi connectivity index (χ1v) is 12.1. The molecular weight excluding hydrogens is 462 g/mol. The Morgan fingerprint density at radius 1 is 1.06 bits per heavy atom. The van der Waals surface area contributed by atoms with Crippen LogP contribution in [-0.2, 0) is 25.6 Å². The zero-order valence-corrected chi connectivity index (χ0v) is 19.9. The third-order valence-corrected chi connectivity index (χ3v) is 5.89. The van der Waals surface area contributed by atoms with Crippen LogP contribution in [0.3, 0.4) is 0 Å². The summed E-state index contributed by atoms with van der Waals surface area (Å²) in [5.41, 5.74) is 7.09. The molecule has 8 N–H and O–H groups in total. The van der Waals surface area contributed by atoms with Gasteiger partial charge in [0.05, 0.1) is 6.61 Å². The molecule has 0 aliphatic heterocycles. The van der Waals surface area contributed by atoms with Gasteiger partial charge in [-0.25, -0.2) is 4.79 Å². The van der Waals surface area contributed by atoms with Gasteiger partial charge >= 0.3 is 5.97 Å². The summed E-state index contributed by atoms with van der Waals surface area (Å²) in [6.07, 6.45) is 3.88. The van der Waals surface area contributed by atoms with Crippen molar-refractivity contribution in [1.29, 1.82) is 0 Å². The predicted molar refractivity (Wildman–Crippen MR) is 129 cm³/mol. The normalized spacial score (nSPS) is 14.6. The van der Waals surface area contributed by atoms with E-state index < -0.39 is 54.5 Å². The molecule has 1 aromatic heterocycles. The number of hydrogen-bond donors (Lipinski definition) is 7. The van der Waals surface area contributed by atoms with E-state index in [0.717, 1.165) is 16.5 Å². The smallest absolute Gasteiger partial charge is 0.326 e. The molecule has 0 saturated heterocycles. The monoisotopic (exact) mass is 493 g/mol. The molecule has 0 radical (unpaired) electrons. The van der Waals surface area contributed by atoms with Crippen LogP contribution >= 0.6 is 11.8 Å². The average Bonchev–Trinajstić information content (AvgIpc) is 3.23. The van der Waals surface area contributed by atoms with Crippen molar-refractivity contribution in [3.05, 3.63) is 36.0 Å². The van der Waals surface area contributed by atoms with Gasteiger partial charge in [0.15, 0.2) is 0 Å². The molecule has 34 heavy (non-hydrogen) atoms. The summed E-state index contributed by atoms with van der Waals surface area (Å²) in [6.45, 7) is 0.846. The van der Waals surface area contributed by atoms with E-state index in [1.54, 1.807) is 6.20 Å². The maximum absolute atomic E-state index is 12.7. The molecule has 0 spiro atoms. The number of amides is 3. The quantitative estimate of drug-likeness (QED) is 0.192. The summed E-state index contributed by atoms with van der Waals surface area (Å²) in [5.74, 6) is -2.63. The van der Waals surface area contributed by atoms with Crippen LogP contribution in [-0.4, -0.2) is 81.7 Å². The minimum absolute atomic E-state index is 0.0528. The number of para-hydroxylation sites is 1. The Hall–Kier alpha value is -3.09. The Labute approximate surface area is 201 Å². The molecule has 4 unspecified atom stereocenters. The third-order valence-electron chi connectivity index (χ3n) is 5.24. The minimum atomic E-state index is -1.21. The number of carbonyl (C=O) groups is 4. The Bertz CT molecular complexity index is 1010. The van der Waals surface area contributed by atoms with E-state index in [9.17, 15) is 24.3 Å². The second-order valence-corrected chi connectivity index (χ2v) is 8.81. The van der Waals surface area contributed by atoms with Gasteiger partial charge in [0.25, 0.3) is 0 Å². The average molecular weight is 494 g/mol. The number of carboxylic acids is 1. The highest BCUT2D eigenvalue weighted by Gasteiger charge is 2.28. The first-order chi connectivity index (χ1) is 16.2. The van der Waals surface area contributed by atoms with Crippen molar-refractivity contribution >= 4 is 46.4 Å². The van der Waals surface area contributed by atoms with Gasteiger partial charge in [-0.05, 0) is 37.0 Å². The Balaban J connectivity index is 2.02. The lowest BCUT2D eigenvalue weighted by molar-refractivity contribution is -0.142. The number of carboxylic acid groups (broad SMARTS) is 1. The summed E-state index contributed by atoms with van der Waals surface area (Å²) >= 11 is 1.47. The number of benzene rings is 1. The second-order valence-electron chi connectivity index (χ2n) is 7.83. The number of aromatic amines is 1. The summed E-state index contributed by atoms with van der Waals surface area (Å²) in [6, 6.07) is 3.01. The van der Waals surface area contributed by atoms with Crippen LogP contribution < -0.4 is 21.7 Å². The number of nitrogens with two attached hydrogens (primary N) is 1. The van der Waals surface area contributed by atoms with Gasteiger partial charge in [0.1, 0.15) is 24.2 Å². The lowest BCUT2D eigenvalue weighted by atomic mass is 10.0. The predicted octanol–water partition coefficient (Wildman–Crippen LogP) is -0.658. The number of aliphatic carboxylic acids is 1. The lowest BCUT2D eigenvalue weighted by Gasteiger charge is -2.23. The molecule has 0 bridgehead atoms. The Kier molecular flexibility index (Phi) is 10.4. The molecule has 186 valence electrons. The molecular formula is C22H31N5O6S. The van der Waals surface area contributed by atoms with Gasteiger partial charge in [0.2, 0.25) is 17.7 Å². The van der Waals surface area contributed by atoms with Crippen LogP contribution in [0.1, 0.15) is 18.9 Å². The molecule has 12 heteroatoms. The molecule has 4 atom stereocenters. The molecule has 0 fully saturated rings. The van der Waals surface area contributed by atoms with Crippen molar-refractivity contribution in [1.82, 2.24) is 20.9 Å². The lowest BCUT2D eigenvalue weighted by Crippen LogP contribution is -2.57. The van der Waals surface area contributed by atoms with Crippen LogP contribution in [0.25, 0.3) is 10.9 Å². The van der Waals surface area contributed by atoms with Crippen molar-refractivity contribution in [3.8, 4) is 0 Å². The SMILES string of the molecule is CSCCC(NC(=O)C(N)CO)C(=O)NC(C)C(=O)NC(Cc1c[nH]c2ccccc12)C(=O)O. The number of hydrogen-bond acceptors (Lipinski definition) is 7. The number of rotatable bonds is 13. The molecule has 2 aromatic rings. The van der Waals surface area contributed by atoms with E-state index in [-0.39, 0.29) is 12.8 Å². The molecule has 2 rings (SSSR count). The van der Waals surface area contributed by atoms with E-state index in [4.69, 9.17) is 10.8 Å². The van der Waals surface area contributed by atoms with E-state index in [1.807, 2.05) is 30.5 Å². The summed E-state index contributed by atoms with van der Waals surface area (Å²) < 4.78 is 0. The fourth-order valence-corrected chi connectivity index (χ4v) is 3.73. The Morgan fingerprint density at radius 2 is 1.74 bits per heavy atom. The van der Waals surface area contributed by atoms with E-state index >= 15 is 0 Å². The number of carbonyl (C=O) groups excluding carboxylic acids is 3. The summed E-state index contributed by atoms with van der Waals surface area (Å²) in [7, 11) is 0. The number of fused-ring (bicyclic) bond motifs is 1. The molecule has 3 amide bonds. The van der Waals surface area contributed by atoms with Crippen LogP contribution in [0.5, 0.6) is 0 Å². The van der Waals surface area contributed by atoms with Gasteiger partial charge in [0, 0.05) is 23.5 Å². The highest BCUT2D eigenvalue weighted by Crippen LogP contribution is 2.19. The van der Waals surface area contributed by atoms with Crippen molar-refractivity contribution in [2.45, 2.75) is 43.9 Å². The summed E-state index contributed by atoms with van der Waals surface area (Å²) in [5, 5.41) is 27.0. The van der Waals surface area contributed by atoms with Gasteiger partial charge in [-0.1, -0.05) is 18.2 Å². The first-order valence-electron chi connectivity index (χ1n) is 10.7. The Morgan fingerprint density at radius 3 is 2.38 bits per heavy atom. The zero-order valence-electron chi connectivity index (χ0n) is 19.0. The highest BCUT2D eigenvalue weighted by atomic mass is 32.2. The number of aliphatic hydroxyl groups is 1. The van der Waals surface area contributed by atoms with Crippen molar-refractivity contribution in [2.24, 2.45) is 5.73 Å². The standard InChI is InChI=1S/C22H31N5O6S/c1-12(25-21(31)17(7-8-34-2)26-20(30)15(23)11-28)19(29)27-18(22(32)33)9-13-10-24-16-6-4-3-5-14(13)16/h3-6,10,12,15,17-18,24,28H,7-9,11,23H2,1-2H3,(H,25,31)(H,26,30)(H,27,29)(H,32,33). The van der Waals surface area contributed by atoms with Crippen LogP contribution in [0.2, 0.25) is 0 Å². The van der Waals surface area contributed by atoms with Gasteiger partial charge in [-0.15, -0.1) is 0 Å². The summed E-state index contributed by atoms with van der Waals surface area (Å²) in [4.78, 5) is 52.2. The van der Waals surface area contributed by atoms with E-state index in [0.29, 0.717) is 5.75 Å². The number of nitrogens with one attached hydrogen (secondary N) is 4. The van der Waals surface area contributed by atoms with Crippen molar-refractivity contribution < 1.29 is 29.4 Å². The van der Waals surface area contributed by atoms with Crippen LogP contribution in [0.4, 0.5) is 0 Å². The fourth-order valence-electron chi connectivity index (χ4n) is 3.26. The van der Waals surface area contributed by atoms with Crippen molar-refractivity contribution in [3.63, 3.8) is 0 Å². The number of H-pyrrole nitrogens is 1. The topological polar surface area (TPSA) is 187 Å². The highest BCUT2D eigenvalue weighted by molar-refractivity contribution is 7.98. The molecule has 1 heterocycles. The van der Waals surface area contributed by atoms with E-state index in [1.165, 1.54) is 18.7 Å². The molecule has 0 saturated carbocycles. The maximum Gasteiger partial charge on any atom is 0.326 e. The zero-order chi connectivity index (χ0) is 25.3. The number of aliphatic hydroxyl groups excluding tert-OH is 1. The van der Waals surface area contributed by atoms with Gasteiger partial charge in [-0.2, -0.15) is 11.8 Å². The number of aromatic nitrogens is 1. The van der Waals surface area contributed by atoms with Crippen LogP contribution in [0, 0.1) is 0 Å². The largest absolute Gasteiger partial charge is 0.480 e. The molecule has 0 aliphatic rings. The first kappa shape index (κ1) is 27.2. The molecule has 0 aliphatic carbocycles. The van der Waals surface area contributed by atoms with E-state index in [2.05, 4.69) is 20.9 Å². The van der Waals surface area contributed by atoms with Crippen molar-refractivity contribution in [2.75, 3.05) is 18.6 Å². The fraction of sp³-hybridized carbons (Fsp3) is 0.455. The van der Waals surface area contributed by atoms with Gasteiger partial charge < -0.3 is 36.9 Å². The molecule has 1 aromatic carbocycles. The number of thioether (sulfide) groups is 1.